The zero-order valence-corrected chi connectivity index (χ0v) is 33.7. The molecule has 10 rings (SSSR count). The molecule has 4 aromatic carbocycles. The number of amides is 2. The third-order valence-electron chi connectivity index (χ3n) is 12.0. The van der Waals surface area contributed by atoms with Crippen LogP contribution in [0.1, 0.15) is 103 Å². The molecule has 4 heterocycles. The van der Waals surface area contributed by atoms with Gasteiger partial charge in [0.2, 0.25) is 25.4 Å². The summed E-state index contributed by atoms with van der Waals surface area (Å²) in [4.78, 5) is 33.3. The molecule has 4 N–H and O–H groups in total. The van der Waals surface area contributed by atoms with Crippen molar-refractivity contribution in [1.29, 1.82) is 0 Å². The van der Waals surface area contributed by atoms with E-state index in [0.717, 1.165) is 93.0 Å². The maximum absolute atomic E-state index is 13.2. The van der Waals surface area contributed by atoms with Crippen molar-refractivity contribution in [2.75, 3.05) is 24.2 Å². The Morgan fingerprint density at radius 2 is 1.09 bits per heavy atom. The summed E-state index contributed by atoms with van der Waals surface area (Å²) in [6, 6.07) is 25.9. The average Bonchev–Trinajstić information content (AvgIpc) is 3.91. The largest absolute Gasteiger partial charge is 0.454 e. The quantitative estimate of drug-likeness (QED) is 0.133. The van der Waals surface area contributed by atoms with Gasteiger partial charge in [0.15, 0.2) is 23.0 Å². The number of hydrogen-bond acceptors (Lipinski definition) is 6. The molecule has 0 unspecified atom stereocenters. The lowest BCUT2D eigenvalue weighted by molar-refractivity contribution is -0.119. The van der Waals surface area contributed by atoms with E-state index >= 15 is 0 Å². The summed E-state index contributed by atoms with van der Waals surface area (Å²) in [5.41, 5.74) is 8.64. The number of benzene rings is 4. The second-order valence-corrected chi connectivity index (χ2v) is 18.1. The third-order valence-corrected chi connectivity index (χ3v) is 12.0. The number of nitrogens with one attached hydrogen (secondary N) is 4. The van der Waals surface area contributed by atoms with Gasteiger partial charge in [-0.25, -0.2) is 0 Å². The summed E-state index contributed by atoms with van der Waals surface area (Å²) in [6.45, 7) is 15.8. The van der Waals surface area contributed by atoms with Gasteiger partial charge in [0.05, 0.1) is 10.8 Å². The second kappa shape index (κ2) is 13.9. The van der Waals surface area contributed by atoms with Crippen molar-refractivity contribution in [3.8, 4) is 23.0 Å². The maximum Gasteiger partial charge on any atom is 0.235 e. The van der Waals surface area contributed by atoms with Crippen molar-refractivity contribution in [3.63, 3.8) is 0 Å². The summed E-state index contributed by atoms with van der Waals surface area (Å²) in [6.07, 6.45) is 3.38. The molecule has 2 aliphatic carbocycles. The zero-order chi connectivity index (χ0) is 39.9. The molecule has 10 heteroatoms. The molecule has 6 aromatic rings. The highest BCUT2D eigenvalue weighted by Crippen LogP contribution is 2.52. The molecule has 0 atom stereocenters. The standard InChI is InChI=1S/C24H26N2O3.C23H24N2O3.CH4/c1-14-17-12-16(6-7-18(17)26-21(14)23(2,3)4)25-22(27)24(9-10-24)15-5-8-19-20(11-15)29-13-28-19;1-22(2,3)20-11-14-10-16(5-6-17(14)25-20)24-21(26)23(8-9-23)15-4-7-18-19(12-15)28-13-27-18;/h5-8,11-12,26H,9-10,13H2,1-4H3,(H,25,27);4-7,10-12,25H,8-9,13H2,1-3H3,(H,24,26);1H4. The lowest BCUT2D eigenvalue weighted by atomic mass is 9.89. The molecule has 0 radical (unpaired) electrons. The molecule has 302 valence electrons. The number of aromatic amines is 2. The average molecular weight is 783 g/mol. The smallest absolute Gasteiger partial charge is 0.235 e. The van der Waals surface area contributed by atoms with E-state index in [-0.39, 0.29) is 43.7 Å². The number of hydrogen-bond donors (Lipinski definition) is 4. The first-order valence-corrected chi connectivity index (χ1v) is 19.8. The number of aryl methyl sites for hydroxylation is 1. The summed E-state index contributed by atoms with van der Waals surface area (Å²) in [5.74, 6) is 3.01. The molecule has 0 bridgehead atoms. The van der Waals surface area contributed by atoms with E-state index in [0.29, 0.717) is 0 Å². The summed E-state index contributed by atoms with van der Waals surface area (Å²) in [5, 5.41) is 8.54. The monoisotopic (exact) mass is 782 g/mol. The predicted molar refractivity (Wildman–Crippen MR) is 230 cm³/mol. The summed E-state index contributed by atoms with van der Waals surface area (Å²) < 4.78 is 21.8. The van der Waals surface area contributed by atoms with Crippen LogP contribution in [-0.4, -0.2) is 35.4 Å². The molecule has 2 amide bonds. The highest BCUT2D eigenvalue weighted by atomic mass is 16.7. The Balaban J connectivity index is 0.000000159. The van der Waals surface area contributed by atoms with Gasteiger partial charge in [-0.05, 0) is 116 Å². The van der Waals surface area contributed by atoms with Crippen LogP contribution < -0.4 is 29.6 Å². The van der Waals surface area contributed by atoms with Crippen LogP contribution in [0.5, 0.6) is 23.0 Å². The van der Waals surface area contributed by atoms with Crippen LogP contribution in [0.15, 0.2) is 78.9 Å². The lowest BCUT2D eigenvalue weighted by Gasteiger charge is -2.18. The number of aromatic nitrogens is 2. The Morgan fingerprint density at radius 3 is 1.59 bits per heavy atom. The molecule has 58 heavy (non-hydrogen) atoms. The minimum Gasteiger partial charge on any atom is -0.454 e. The topological polar surface area (TPSA) is 127 Å². The van der Waals surface area contributed by atoms with E-state index in [4.69, 9.17) is 18.9 Å². The Morgan fingerprint density at radius 1 is 0.586 bits per heavy atom. The molecule has 2 aliphatic heterocycles. The number of ether oxygens (including phenoxy) is 4. The highest BCUT2D eigenvalue weighted by molar-refractivity contribution is 6.04. The van der Waals surface area contributed by atoms with Crippen LogP contribution in [0.4, 0.5) is 11.4 Å². The predicted octanol–water partition coefficient (Wildman–Crippen LogP) is 10.7. The van der Waals surface area contributed by atoms with Crippen molar-refractivity contribution in [1.82, 2.24) is 9.97 Å². The minimum atomic E-state index is -0.473. The van der Waals surface area contributed by atoms with Gasteiger partial charge in [-0.3, -0.25) is 9.59 Å². The zero-order valence-electron chi connectivity index (χ0n) is 33.7. The fourth-order valence-electron chi connectivity index (χ4n) is 8.20. The van der Waals surface area contributed by atoms with Gasteiger partial charge in [0.25, 0.3) is 0 Å². The fraction of sp³-hybridized carbons (Fsp3) is 0.375. The van der Waals surface area contributed by atoms with E-state index in [1.54, 1.807) is 0 Å². The van der Waals surface area contributed by atoms with Crippen LogP contribution in [0.25, 0.3) is 21.8 Å². The Hall–Kier alpha value is -5.90. The van der Waals surface area contributed by atoms with Crippen LogP contribution in [0.2, 0.25) is 0 Å². The van der Waals surface area contributed by atoms with Crippen molar-refractivity contribution >= 4 is 45.0 Å². The molecular weight excluding hydrogens is 729 g/mol. The normalized spacial score (nSPS) is 16.6. The van der Waals surface area contributed by atoms with E-state index in [9.17, 15) is 9.59 Å². The molecule has 4 aliphatic rings. The first kappa shape index (κ1) is 38.9. The van der Waals surface area contributed by atoms with Crippen molar-refractivity contribution in [2.45, 2.75) is 103 Å². The van der Waals surface area contributed by atoms with Gasteiger partial charge in [0.1, 0.15) is 0 Å². The van der Waals surface area contributed by atoms with Crippen LogP contribution in [0, 0.1) is 6.92 Å². The Labute approximate surface area is 340 Å². The van der Waals surface area contributed by atoms with E-state index in [1.165, 1.54) is 17.0 Å². The van der Waals surface area contributed by atoms with Gasteiger partial charge in [-0.15, -0.1) is 0 Å². The first-order valence-electron chi connectivity index (χ1n) is 19.8. The number of carbonyl (C=O) groups excluding carboxylic acids is 2. The van der Waals surface area contributed by atoms with Crippen molar-refractivity contribution in [3.05, 3.63) is 107 Å². The summed E-state index contributed by atoms with van der Waals surface area (Å²) >= 11 is 0. The third kappa shape index (κ3) is 6.92. The molecule has 2 saturated carbocycles. The van der Waals surface area contributed by atoms with E-state index in [2.05, 4.69) is 81.2 Å². The van der Waals surface area contributed by atoms with Gasteiger partial charge in [-0.2, -0.15) is 0 Å². The van der Waals surface area contributed by atoms with Crippen LogP contribution >= 0.6 is 0 Å². The molecule has 0 spiro atoms. The first-order chi connectivity index (χ1) is 27.1. The van der Waals surface area contributed by atoms with Crippen molar-refractivity contribution in [2.24, 2.45) is 0 Å². The van der Waals surface area contributed by atoms with Gasteiger partial charge in [-0.1, -0.05) is 61.1 Å². The molecule has 0 saturated heterocycles. The van der Waals surface area contributed by atoms with E-state index < -0.39 is 10.8 Å². The molecule has 10 nitrogen and oxygen atoms in total. The fourth-order valence-corrected chi connectivity index (χ4v) is 8.20. The number of fused-ring (bicyclic) bond motifs is 4. The summed E-state index contributed by atoms with van der Waals surface area (Å²) in [7, 11) is 0. The number of rotatable bonds is 6. The van der Waals surface area contributed by atoms with E-state index in [1.807, 2.05) is 66.7 Å². The maximum atomic E-state index is 13.2. The van der Waals surface area contributed by atoms with Crippen LogP contribution in [-0.2, 0) is 31.2 Å². The molecule has 2 aromatic heterocycles. The molecular formula is C48H54N4O6. The SMILES string of the molecule is C.CC(C)(C)c1cc2cc(NC(=O)C3(c4ccc5c(c4)OCO5)CC3)ccc2[nH]1.Cc1c(C(C)(C)C)[nH]c2ccc(NC(=O)C3(c4ccc5c(c4)OCO5)CC3)cc12. The van der Waals surface area contributed by atoms with Crippen LogP contribution in [0.3, 0.4) is 0 Å². The van der Waals surface area contributed by atoms with Gasteiger partial charge < -0.3 is 39.5 Å². The lowest BCUT2D eigenvalue weighted by Crippen LogP contribution is -2.27. The van der Waals surface area contributed by atoms with Crippen molar-refractivity contribution < 1.29 is 28.5 Å². The molecule has 2 fully saturated rings. The minimum absolute atomic E-state index is 0. The highest BCUT2D eigenvalue weighted by Gasteiger charge is 2.52. The Kier molecular flexibility index (Phi) is 9.33. The number of carbonyl (C=O) groups is 2. The number of anilines is 2. The Bertz CT molecular complexity index is 2580. The van der Waals surface area contributed by atoms with Gasteiger partial charge >= 0.3 is 0 Å². The second-order valence-electron chi connectivity index (χ2n) is 18.1. The van der Waals surface area contributed by atoms with Gasteiger partial charge in [0, 0.05) is 55.4 Å². The number of H-pyrrole nitrogens is 2.